The van der Waals surface area contributed by atoms with Crippen molar-refractivity contribution in [2.24, 2.45) is 5.73 Å². The third kappa shape index (κ3) is 3.30. The van der Waals surface area contributed by atoms with Gasteiger partial charge in [0, 0.05) is 22.9 Å². The first-order valence-corrected chi connectivity index (χ1v) is 6.16. The molecule has 0 radical (unpaired) electrons. The van der Waals surface area contributed by atoms with Crippen LogP contribution in [0.5, 0.6) is 5.75 Å². The van der Waals surface area contributed by atoms with E-state index >= 15 is 0 Å². The van der Waals surface area contributed by atoms with Crippen LogP contribution in [-0.2, 0) is 0 Å². The lowest BCUT2D eigenvalue weighted by molar-refractivity contribution is 0.1000. The summed E-state index contributed by atoms with van der Waals surface area (Å²) in [4.78, 5) is 23.3. The lowest BCUT2D eigenvalue weighted by atomic mass is 10.1. The van der Waals surface area contributed by atoms with Gasteiger partial charge in [-0.2, -0.15) is 0 Å². The number of carbonyl (C=O) groups excluding carboxylic acids is 2. The number of ether oxygens (including phenoxy) is 1. The average molecular weight is 285 g/mol. The number of rotatable bonds is 4. The highest BCUT2D eigenvalue weighted by Gasteiger charge is 2.10. The van der Waals surface area contributed by atoms with E-state index < -0.39 is 5.91 Å². The lowest BCUT2D eigenvalue weighted by Crippen LogP contribution is -2.15. The zero-order chi connectivity index (χ0) is 15.4. The van der Waals surface area contributed by atoms with Crippen molar-refractivity contribution in [3.63, 3.8) is 0 Å². The molecule has 21 heavy (non-hydrogen) atoms. The van der Waals surface area contributed by atoms with Gasteiger partial charge in [0.25, 0.3) is 5.91 Å². The van der Waals surface area contributed by atoms with Gasteiger partial charge in [0.15, 0.2) is 0 Å². The van der Waals surface area contributed by atoms with E-state index in [-0.39, 0.29) is 11.5 Å². The molecule has 6 nitrogen and oxygen atoms in total. The number of primary amides is 1. The van der Waals surface area contributed by atoms with Gasteiger partial charge in [-0.3, -0.25) is 9.59 Å². The van der Waals surface area contributed by atoms with Crippen LogP contribution in [0.25, 0.3) is 0 Å². The van der Waals surface area contributed by atoms with Gasteiger partial charge in [-0.05, 0) is 30.3 Å². The molecule has 108 valence electrons. The zero-order valence-corrected chi connectivity index (χ0v) is 11.4. The molecule has 2 rings (SSSR count). The molecule has 0 aromatic heterocycles. The maximum Gasteiger partial charge on any atom is 0.255 e. The van der Waals surface area contributed by atoms with Crippen molar-refractivity contribution < 1.29 is 14.3 Å². The second kappa shape index (κ2) is 5.96. The van der Waals surface area contributed by atoms with Gasteiger partial charge < -0.3 is 21.5 Å². The van der Waals surface area contributed by atoms with E-state index in [2.05, 4.69) is 5.32 Å². The molecule has 0 saturated carbocycles. The maximum atomic E-state index is 12.1. The van der Waals surface area contributed by atoms with Crippen molar-refractivity contribution in [2.75, 3.05) is 18.2 Å². The smallest absolute Gasteiger partial charge is 0.255 e. The number of carbonyl (C=O) groups is 2. The summed E-state index contributed by atoms with van der Waals surface area (Å²) in [7, 11) is 1.49. The number of amides is 2. The Kier molecular flexibility index (Phi) is 4.08. The summed E-state index contributed by atoms with van der Waals surface area (Å²) >= 11 is 0. The SMILES string of the molecule is COc1cc(NC(=O)c2cccc(C(N)=O)c2)ccc1N. The number of nitrogens with one attached hydrogen (secondary N) is 1. The summed E-state index contributed by atoms with van der Waals surface area (Å²) in [5.74, 6) is -0.470. The third-order valence-corrected chi connectivity index (χ3v) is 2.90. The molecule has 0 aliphatic heterocycles. The Labute approximate surface area is 121 Å². The summed E-state index contributed by atoms with van der Waals surface area (Å²) < 4.78 is 5.09. The highest BCUT2D eigenvalue weighted by atomic mass is 16.5. The Morgan fingerprint density at radius 3 is 2.48 bits per heavy atom. The van der Waals surface area contributed by atoms with Crippen LogP contribution < -0.4 is 21.5 Å². The van der Waals surface area contributed by atoms with E-state index in [0.717, 1.165) is 0 Å². The van der Waals surface area contributed by atoms with E-state index in [0.29, 0.717) is 22.7 Å². The molecule has 0 unspecified atom stereocenters. The summed E-state index contributed by atoms with van der Waals surface area (Å²) in [6.45, 7) is 0. The van der Waals surface area contributed by atoms with Gasteiger partial charge in [-0.25, -0.2) is 0 Å². The Hall–Kier alpha value is -3.02. The molecule has 0 aliphatic rings. The standard InChI is InChI=1S/C15H15N3O3/c1-21-13-8-11(5-6-12(13)16)18-15(20)10-4-2-3-9(7-10)14(17)19/h2-8H,16H2,1H3,(H2,17,19)(H,18,20). The van der Waals surface area contributed by atoms with E-state index in [1.807, 2.05) is 0 Å². The topological polar surface area (TPSA) is 107 Å². The first-order valence-electron chi connectivity index (χ1n) is 6.16. The molecule has 2 aromatic carbocycles. The molecule has 0 heterocycles. The molecule has 6 heteroatoms. The second-order valence-electron chi connectivity index (χ2n) is 4.36. The van der Waals surface area contributed by atoms with Gasteiger partial charge in [-0.15, -0.1) is 0 Å². The van der Waals surface area contributed by atoms with Crippen molar-refractivity contribution >= 4 is 23.2 Å². The number of methoxy groups -OCH3 is 1. The molecule has 5 N–H and O–H groups in total. The first kappa shape index (κ1) is 14.4. The summed E-state index contributed by atoms with van der Waals surface area (Å²) in [5, 5.41) is 2.70. The van der Waals surface area contributed by atoms with Gasteiger partial charge in [0.1, 0.15) is 5.75 Å². The fourth-order valence-electron chi connectivity index (χ4n) is 1.81. The van der Waals surface area contributed by atoms with Crippen LogP contribution in [0.2, 0.25) is 0 Å². The normalized spacial score (nSPS) is 9.95. The van der Waals surface area contributed by atoms with E-state index in [1.54, 1.807) is 36.4 Å². The number of hydrogen-bond donors (Lipinski definition) is 3. The molecule has 0 saturated heterocycles. The fraction of sp³-hybridized carbons (Fsp3) is 0.0667. The quantitative estimate of drug-likeness (QED) is 0.742. The van der Waals surface area contributed by atoms with Crippen molar-refractivity contribution in [3.05, 3.63) is 53.6 Å². The molecular formula is C15H15N3O3. The Morgan fingerprint density at radius 1 is 1.10 bits per heavy atom. The minimum Gasteiger partial charge on any atom is -0.495 e. The highest BCUT2D eigenvalue weighted by molar-refractivity contribution is 6.06. The van der Waals surface area contributed by atoms with Crippen LogP contribution in [0.15, 0.2) is 42.5 Å². The molecule has 0 bridgehead atoms. The van der Waals surface area contributed by atoms with Crippen LogP contribution in [0.3, 0.4) is 0 Å². The monoisotopic (exact) mass is 285 g/mol. The number of anilines is 2. The van der Waals surface area contributed by atoms with Crippen LogP contribution in [0.1, 0.15) is 20.7 Å². The maximum absolute atomic E-state index is 12.1. The van der Waals surface area contributed by atoms with Gasteiger partial charge in [-0.1, -0.05) is 6.07 Å². The van der Waals surface area contributed by atoms with E-state index in [4.69, 9.17) is 16.2 Å². The van der Waals surface area contributed by atoms with Crippen molar-refractivity contribution in [1.82, 2.24) is 0 Å². The number of nitrogen functional groups attached to an aromatic ring is 1. The minimum absolute atomic E-state index is 0.275. The number of benzene rings is 2. The van der Waals surface area contributed by atoms with Crippen molar-refractivity contribution in [2.45, 2.75) is 0 Å². The molecular weight excluding hydrogens is 270 g/mol. The van der Waals surface area contributed by atoms with Crippen LogP contribution >= 0.6 is 0 Å². The summed E-state index contributed by atoms with van der Waals surface area (Å²) in [5.41, 5.74) is 12.5. The summed E-state index contributed by atoms with van der Waals surface area (Å²) in [6, 6.07) is 11.1. The zero-order valence-electron chi connectivity index (χ0n) is 11.4. The van der Waals surface area contributed by atoms with Crippen LogP contribution in [0.4, 0.5) is 11.4 Å². The number of nitrogens with two attached hydrogens (primary N) is 2. The van der Waals surface area contributed by atoms with Crippen LogP contribution in [-0.4, -0.2) is 18.9 Å². The molecule has 0 aliphatic carbocycles. The van der Waals surface area contributed by atoms with Crippen LogP contribution in [0, 0.1) is 0 Å². The van der Waals surface area contributed by atoms with Crippen molar-refractivity contribution in [3.8, 4) is 5.75 Å². The average Bonchev–Trinajstić information content (AvgIpc) is 2.49. The predicted molar refractivity (Wildman–Crippen MR) is 80.3 cm³/mol. The molecule has 0 atom stereocenters. The molecule has 2 aromatic rings. The molecule has 0 spiro atoms. The highest BCUT2D eigenvalue weighted by Crippen LogP contribution is 2.25. The van der Waals surface area contributed by atoms with E-state index in [9.17, 15) is 9.59 Å². The molecule has 2 amide bonds. The van der Waals surface area contributed by atoms with E-state index in [1.165, 1.54) is 13.2 Å². The van der Waals surface area contributed by atoms with Gasteiger partial charge >= 0.3 is 0 Å². The fourth-order valence-corrected chi connectivity index (χ4v) is 1.81. The Morgan fingerprint density at radius 2 is 1.81 bits per heavy atom. The first-order chi connectivity index (χ1) is 10.0. The third-order valence-electron chi connectivity index (χ3n) is 2.90. The number of hydrogen-bond acceptors (Lipinski definition) is 4. The minimum atomic E-state index is -0.584. The largest absolute Gasteiger partial charge is 0.495 e. The molecule has 0 fully saturated rings. The van der Waals surface area contributed by atoms with Crippen molar-refractivity contribution in [1.29, 1.82) is 0 Å². The Bertz CT molecular complexity index is 698. The summed E-state index contributed by atoms with van der Waals surface area (Å²) in [6.07, 6.45) is 0. The van der Waals surface area contributed by atoms with Gasteiger partial charge in [0.2, 0.25) is 5.91 Å². The van der Waals surface area contributed by atoms with Gasteiger partial charge in [0.05, 0.1) is 12.8 Å². The second-order valence-corrected chi connectivity index (χ2v) is 4.36. The predicted octanol–water partition coefficient (Wildman–Crippen LogP) is 1.63. The Balaban J connectivity index is 2.22. The lowest BCUT2D eigenvalue weighted by Gasteiger charge is -2.09.